The van der Waals surface area contributed by atoms with E-state index in [4.69, 9.17) is 4.74 Å². The zero-order chi connectivity index (χ0) is 18.8. The first-order valence-electron chi connectivity index (χ1n) is 10.1. The van der Waals surface area contributed by atoms with Crippen molar-refractivity contribution in [1.29, 1.82) is 0 Å². The molecule has 2 rings (SSSR count). The second-order valence-electron chi connectivity index (χ2n) is 7.57. The van der Waals surface area contributed by atoms with Crippen molar-refractivity contribution in [1.82, 2.24) is 0 Å². The molecule has 0 aromatic heterocycles. The predicted octanol–water partition coefficient (Wildman–Crippen LogP) is 7.02. The van der Waals surface area contributed by atoms with E-state index >= 15 is 0 Å². The molecule has 26 heavy (non-hydrogen) atoms. The summed E-state index contributed by atoms with van der Waals surface area (Å²) in [5.74, 6) is 1.68. The maximum absolute atomic E-state index is 5.78. The van der Waals surface area contributed by atoms with Gasteiger partial charge in [-0.1, -0.05) is 69.7 Å². The van der Waals surface area contributed by atoms with Gasteiger partial charge in [-0.15, -0.1) is 0 Å². The lowest BCUT2D eigenvalue weighted by Gasteiger charge is -2.09. The fourth-order valence-corrected chi connectivity index (χ4v) is 3.14. The standard InChI is InChI=1S/C25H34O/c1-5-6-16-26-25-13-9-11-22(19-25)10-7-8-12-24-15-14-23(17-20(2)3)18-21(24)4/h7,9-11,13-15,18-20H,5-6,8,12,16-17H2,1-4H3/b10-7+. The number of benzene rings is 2. The molecule has 0 saturated heterocycles. The summed E-state index contributed by atoms with van der Waals surface area (Å²) >= 11 is 0. The number of allylic oxidation sites excluding steroid dienone is 1. The van der Waals surface area contributed by atoms with Crippen LogP contribution in [-0.2, 0) is 12.8 Å². The molecule has 0 bridgehead atoms. The third-order valence-electron chi connectivity index (χ3n) is 4.57. The van der Waals surface area contributed by atoms with E-state index in [1.165, 1.54) is 22.3 Å². The van der Waals surface area contributed by atoms with Gasteiger partial charge in [-0.05, 0) is 72.9 Å². The summed E-state index contributed by atoms with van der Waals surface area (Å²) in [5.41, 5.74) is 5.54. The van der Waals surface area contributed by atoms with Crippen molar-refractivity contribution in [3.63, 3.8) is 0 Å². The van der Waals surface area contributed by atoms with Crippen LogP contribution in [0.15, 0.2) is 48.5 Å². The van der Waals surface area contributed by atoms with Crippen LogP contribution in [0, 0.1) is 12.8 Å². The molecule has 0 atom stereocenters. The highest BCUT2D eigenvalue weighted by molar-refractivity contribution is 5.51. The van der Waals surface area contributed by atoms with Gasteiger partial charge in [0, 0.05) is 0 Å². The van der Waals surface area contributed by atoms with Crippen molar-refractivity contribution in [3.8, 4) is 5.75 Å². The smallest absolute Gasteiger partial charge is 0.119 e. The van der Waals surface area contributed by atoms with Crippen LogP contribution >= 0.6 is 0 Å². The van der Waals surface area contributed by atoms with Crippen molar-refractivity contribution >= 4 is 6.08 Å². The molecule has 1 heteroatoms. The fourth-order valence-electron chi connectivity index (χ4n) is 3.14. The molecule has 0 fully saturated rings. The molecule has 0 N–H and O–H groups in total. The molecule has 140 valence electrons. The van der Waals surface area contributed by atoms with Crippen LogP contribution in [0.1, 0.15) is 62.3 Å². The monoisotopic (exact) mass is 350 g/mol. The lowest BCUT2D eigenvalue weighted by Crippen LogP contribution is -1.97. The largest absolute Gasteiger partial charge is 0.494 e. The van der Waals surface area contributed by atoms with Crippen molar-refractivity contribution in [3.05, 3.63) is 70.8 Å². The zero-order valence-corrected chi connectivity index (χ0v) is 16.9. The van der Waals surface area contributed by atoms with Crippen LogP contribution < -0.4 is 4.74 Å². The minimum absolute atomic E-state index is 0.713. The van der Waals surface area contributed by atoms with Crippen LogP contribution in [0.4, 0.5) is 0 Å². The number of unbranched alkanes of at least 4 members (excludes halogenated alkanes) is 1. The molecular formula is C25H34O. The first-order chi connectivity index (χ1) is 12.6. The Labute approximate surface area is 160 Å². The van der Waals surface area contributed by atoms with E-state index < -0.39 is 0 Å². The van der Waals surface area contributed by atoms with Crippen LogP contribution in [0.5, 0.6) is 5.75 Å². The van der Waals surface area contributed by atoms with Gasteiger partial charge in [0.25, 0.3) is 0 Å². The van der Waals surface area contributed by atoms with E-state index in [0.717, 1.165) is 44.5 Å². The number of aryl methyl sites for hydroxylation is 2. The summed E-state index contributed by atoms with van der Waals surface area (Å²) in [6, 6.07) is 15.3. The third kappa shape index (κ3) is 7.07. The van der Waals surface area contributed by atoms with Crippen LogP contribution in [0.2, 0.25) is 0 Å². The normalized spacial score (nSPS) is 11.4. The molecule has 0 unspecified atom stereocenters. The molecule has 0 amide bonds. The van der Waals surface area contributed by atoms with Gasteiger partial charge in [0.15, 0.2) is 0 Å². The van der Waals surface area contributed by atoms with Gasteiger partial charge >= 0.3 is 0 Å². The lowest BCUT2D eigenvalue weighted by molar-refractivity contribution is 0.309. The Balaban J connectivity index is 1.86. The molecule has 0 heterocycles. The van der Waals surface area contributed by atoms with Gasteiger partial charge in [0.05, 0.1) is 6.61 Å². The maximum Gasteiger partial charge on any atom is 0.119 e. The summed E-state index contributed by atoms with van der Waals surface area (Å²) in [6.07, 6.45) is 10.1. The molecule has 0 spiro atoms. The Morgan fingerprint density at radius 2 is 1.92 bits per heavy atom. The predicted molar refractivity (Wildman–Crippen MR) is 114 cm³/mol. The average Bonchev–Trinajstić information content (AvgIpc) is 2.60. The highest BCUT2D eigenvalue weighted by Gasteiger charge is 2.02. The maximum atomic E-state index is 5.78. The quantitative estimate of drug-likeness (QED) is 0.418. The Morgan fingerprint density at radius 1 is 1.08 bits per heavy atom. The van der Waals surface area contributed by atoms with Gasteiger partial charge in [-0.25, -0.2) is 0 Å². The molecule has 0 radical (unpaired) electrons. The topological polar surface area (TPSA) is 9.23 Å². The summed E-state index contributed by atoms with van der Waals surface area (Å²) in [4.78, 5) is 0. The van der Waals surface area contributed by atoms with Crippen LogP contribution in [0.3, 0.4) is 0 Å². The summed E-state index contributed by atoms with van der Waals surface area (Å²) < 4.78 is 5.78. The van der Waals surface area contributed by atoms with E-state index in [2.05, 4.69) is 76.2 Å². The highest BCUT2D eigenvalue weighted by Crippen LogP contribution is 2.18. The highest BCUT2D eigenvalue weighted by atomic mass is 16.5. The summed E-state index contributed by atoms with van der Waals surface area (Å²) in [5, 5.41) is 0. The van der Waals surface area contributed by atoms with Gasteiger partial charge in [0.1, 0.15) is 5.75 Å². The van der Waals surface area contributed by atoms with Crippen LogP contribution in [-0.4, -0.2) is 6.61 Å². The zero-order valence-electron chi connectivity index (χ0n) is 16.9. The fraction of sp³-hybridized carbons (Fsp3) is 0.440. The molecule has 2 aromatic rings. The molecule has 0 aliphatic heterocycles. The van der Waals surface area contributed by atoms with E-state index in [9.17, 15) is 0 Å². The lowest BCUT2D eigenvalue weighted by atomic mass is 9.96. The Morgan fingerprint density at radius 3 is 2.65 bits per heavy atom. The van der Waals surface area contributed by atoms with Gasteiger partial charge in [-0.3, -0.25) is 0 Å². The second kappa shape index (κ2) is 10.9. The summed E-state index contributed by atoms with van der Waals surface area (Å²) in [7, 11) is 0. The van der Waals surface area contributed by atoms with Crippen LogP contribution in [0.25, 0.3) is 6.08 Å². The number of hydrogen-bond donors (Lipinski definition) is 0. The molecule has 0 aliphatic carbocycles. The molecular weight excluding hydrogens is 316 g/mol. The Bertz CT molecular complexity index is 697. The van der Waals surface area contributed by atoms with E-state index in [-0.39, 0.29) is 0 Å². The Hall–Kier alpha value is -2.02. The van der Waals surface area contributed by atoms with Gasteiger partial charge in [0.2, 0.25) is 0 Å². The number of ether oxygens (including phenoxy) is 1. The van der Waals surface area contributed by atoms with Gasteiger partial charge < -0.3 is 4.74 Å². The molecule has 2 aromatic carbocycles. The molecule has 0 saturated carbocycles. The van der Waals surface area contributed by atoms with E-state index in [1.807, 2.05) is 6.07 Å². The Kier molecular flexibility index (Phi) is 8.47. The van der Waals surface area contributed by atoms with Crippen molar-refractivity contribution in [2.45, 2.75) is 59.8 Å². The van der Waals surface area contributed by atoms with Crippen molar-refractivity contribution in [2.75, 3.05) is 6.61 Å². The first kappa shape index (κ1) is 20.3. The average molecular weight is 351 g/mol. The van der Waals surface area contributed by atoms with E-state index in [0.29, 0.717) is 5.92 Å². The number of rotatable bonds is 10. The minimum Gasteiger partial charge on any atom is -0.494 e. The molecule has 1 nitrogen and oxygen atoms in total. The summed E-state index contributed by atoms with van der Waals surface area (Å²) in [6.45, 7) is 9.77. The van der Waals surface area contributed by atoms with E-state index in [1.54, 1.807) is 0 Å². The van der Waals surface area contributed by atoms with Crippen molar-refractivity contribution in [2.24, 2.45) is 5.92 Å². The molecule has 0 aliphatic rings. The minimum atomic E-state index is 0.713. The van der Waals surface area contributed by atoms with Gasteiger partial charge in [-0.2, -0.15) is 0 Å². The second-order valence-corrected chi connectivity index (χ2v) is 7.57. The number of hydrogen-bond acceptors (Lipinski definition) is 1. The SMILES string of the molecule is CCCCOc1cccc(/C=C/CCc2ccc(CC(C)C)cc2C)c1. The first-order valence-corrected chi connectivity index (χ1v) is 10.1. The third-order valence-corrected chi connectivity index (χ3v) is 4.57. The van der Waals surface area contributed by atoms with Crippen molar-refractivity contribution < 1.29 is 4.74 Å².